The minimum Gasteiger partial charge on any atom is -0.300 e. The highest BCUT2D eigenvalue weighted by Crippen LogP contribution is 2.61. The summed E-state index contributed by atoms with van der Waals surface area (Å²) in [5.74, 6) is 2.12. The van der Waals surface area contributed by atoms with Crippen LogP contribution in [0.3, 0.4) is 0 Å². The Morgan fingerprint density at radius 1 is 1.08 bits per heavy atom. The van der Waals surface area contributed by atoms with Crippen molar-refractivity contribution in [1.82, 2.24) is 0 Å². The smallest absolute Gasteiger partial charge is 0.133 e. The van der Waals surface area contributed by atoms with Crippen molar-refractivity contribution in [3.05, 3.63) is 0 Å². The molecule has 66 valence electrons. The minimum absolute atomic E-state index is 0.548. The Balaban J connectivity index is 1.80. The maximum atomic E-state index is 11.3. The Morgan fingerprint density at radius 3 is 2.17 bits per heavy atom. The summed E-state index contributed by atoms with van der Waals surface area (Å²) in [5, 5.41) is 0. The summed E-state index contributed by atoms with van der Waals surface area (Å²) in [7, 11) is 0. The molecule has 3 aliphatic rings. The molecule has 0 heterocycles. The monoisotopic (exact) mass is 164 g/mol. The highest BCUT2D eigenvalue weighted by atomic mass is 16.1. The molecule has 0 aromatic rings. The number of fused-ring (bicyclic) bond motifs is 2. The lowest BCUT2D eigenvalue weighted by Gasteiger charge is -2.38. The molecule has 1 heteroatoms. The van der Waals surface area contributed by atoms with Gasteiger partial charge >= 0.3 is 0 Å². The van der Waals surface area contributed by atoms with Gasteiger partial charge < -0.3 is 0 Å². The molecular weight excluding hydrogens is 148 g/mol. The number of rotatable bonds is 0. The van der Waals surface area contributed by atoms with E-state index in [9.17, 15) is 4.79 Å². The van der Waals surface area contributed by atoms with Crippen molar-refractivity contribution in [2.45, 2.75) is 44.9 Å². The van der Waals surface area contributed by atoms with Gasteiger partial charge in [0.1, 0.15) is 5.78 Å². The van der Waals surface area contributed by atoms with Gasteiger partial charge in [-0.3, -0.25) is 4.79 Å². The molecule has 3 aliphatic carbocycles. The molecule has 3 fully saturated rings. The molecule has 1 spiro atoms. The van der Waals surface area contributed by atoms with Crippen molar-refractivity contribution < 1.29 is 4.79 Å². The number of carbonyl (C=O) groups excluding carboxylic acids is 1. The van der Waals surface area contributed by atoms with Crippen LogP contribution in [0.2, 0.25) is 0 Å². The van der Waals surface area contributed by atoms with E-state index in [1.165, 1.54) is 32.1 Å². The molecule has 0 aromatic carbocycles. The van der Waals surface area contributed by atoms with Gasteiger partial charge in [0.15, 0.2) is 0 Å². The lowest BCUT2D eigenvalue weighted by atomic mass is 9.66. The van der Waals surface area contributed by atoms with Crippen LogP contribution in [-0.2, 0) is 4.79 Å². The number of carbonyl (C=O) groups is 1. The molecule has 0 saturated heterocycles. The Morgan fingerprint density at radius 2 is 1.67 bits per heavy atom. The van der Waals surface area contributed by atoms with E-state index in [1.54, 1.807) is 0 Å². The first-order chi connectivity index (χ1) is 5.76. The second kappa shape index (κ2) is 2.12. The van der Waals surface area contributed by atoms with Crippen LogP contribution >= 0.6 is 0 Å². The van der Waals surface area contributed by atoms with E-state index in [1.807, 2.05) is 0 Å². The van der Waals surface area contributed by atoms with Crippen LogP contribution < -0.4 is 0 Å². The molecule has 12 heavy (non-hydrogen) atoms. The molecule has 0 amide bonds. The maximum Gasteiger partial charge on any atom is 0.133 e. The second-order valence-corrected chi connectivity index (χ2v) is 5.32. The first-order valence-corrected chi connectivity index (χ1v) is 5.27. The molecule has 0 aliphatic heterocycles. The zero-order valence-corrected chi connectivity index (χ0v) is 7.51. The maximum absolute atomic E-state index is 11.3. The van der Waals surface area contributed by atoms with E-state index in [4.69, 9.17) is 0 Å². The van der Waals surface area contributed by atoms with Crippen LogP contribution in [0.1, 0.15) is 44.9 Å². The largest absolute Gasteiger partial charge is 0.300 e. The van der Waals surface area contributed by atoms with Gasteiger partial charge in [0, 0.05) is 12.8 Å². The normalized spacial score (nSPS) is 43.2. The summed E-state index contributed by atoms with van der Waals surface area (Å²) in [5.41, 5.74) is 0.758. The Hall–Kier alpha value is -0.330. The van der Waals surface area contributed by atoms with Gasteiger partial charge in [-0.2, -0.15) is 0 Å². The average molecular weight is 164 g/mol. The predicted molar refractivity (Wildman–Crippen MR) is 46.7 cm³/mol. The molecule has 0 aromatic heterocycles. The van der Waals surface area contributed by atoms with Crippen LogP contribution in [0.15, 0.2) is 0 Å². The van der Waals surface area contributed by atoms with Crippen LogP contribution in [0.25, 0.3) is 0 Å². The van der Waals surface area contributed by atoms with Crippen molar-refractivity contribution in [3.63, 3.8) is 0 Å². The molecule has 0 N–H and O–H groups in total. The molecule has 0 unspecified atom stereocenters. The Bertz CT molecular complexity index is 209. The third-order valence-electron chi connectivity index (χ3n) is 4.10. The third-order valence-corrected chi connectivity index (χ3v) is 4.10. The fourth-order valence-electron chi connectivity index (χ4n) is 3.57. The first kappa shape index (κ1) is 7.11. The fourth-order valence-corrected chi connectivity index (χ4v) is 3.57. The van der Waals surface area contributed by atoms with E-state index in [-0.39, 0.29) is 0 Å². The number of ketones is 1. The topological polar surface area (TPSA) is 17.1 Å². The number of Topliss-reactive ketones (excluding diaryl/α,β-unsaturated/α-hetero) is 1. The summed E-state index contributed by atoms with van der Waals surface area (Å²) in [6.07, 6.45) is 8.90. The van der Waals surface area contributed by atoms with Crippen LogP contribution in [0.5, 0.6) is 0 Å². The molecule has 1 nitrogen and oxygen atoms in total. The van der Waals surface area contributed by atoms with Gasteiger partial charge in [0.2, 0.25) is 0 Å². The summed E-state index contributed by atoms with van der Waals surface area (Å²) in [4.78, 5) is 11.3. The van der Waals surface area contributed by atoms with E-state index >= 15 is 0 Å². The van der Waals surface area contributed by atoms with E-state index in [0.717, 1.165) is 30.1 Å². The van der Waals surface area contributed by atoms with Crippen molar-refractivity contribution >= 4 is 5.78 Å². The third kappa shape index (κ3) is 1.02. The van der Waals surface area contributed by atoms with Gasteiger partial charge in [-0.05, 0) is 49.4 Å². The molecule has 3 rings (SSSR count). The molecular formula is C11H16O. The Labute approximate surface area is 73.5 Å². The quantitative estimate of drug-likeness (QED) is 0.537. The van der Waals surface area contributed by atoms with Gasteiger partial charge in [0.25, 0.3) is 0 Å². The highest BCUT2D eigenvalue weighted by Gasteiger charge is 2.50. The molecule has 2 atom stereocenters. The minimum atomic E-state index is 0.548. The van der Waals surface area contributed by atoms with Crippen LogP contribution in [0.4, 0.5) is 0 Å². The zero-order chi connectivity index (χ0) is 8.18. The molecule has 2 bridgehead atoms. The van der Waals surface area contributed by atoms with Crippen molar-refractivity contribution in [1.29, 1.82) is 0 Å². The summed E-state index contributed by atoms with van der Waals surface area (Å²) >= 11 is 0. The number of hydrogen-bond donors (Lipinski definition) is 0. The number of hydrogen-bond acceptors (Lipinski definition) is 1. The standard InChI is InChI=1S/C11H16O/c12-10-4-8-3-9(5-10)7-11(6-8)1-2-11/h8-9H,1-7H2/t8-,9+. The van der Waals surface area contributed by atoms with Gasteiger partial charge in [-0.25, -0.2) is 0 Å². The lowest BCUT2D eigenvalue weighted by Crippen LogP contribution is -2.31. The van der Waals surface area contributed by atoms with Crippen molar-refractivity contribution in [2.24, 2.45) is 17.3 Å². The summed E-state index contributed by atoms with van der Waals surface area (Å²) in [6, 6.07) is 0. The summed E-state index contributed by atoms with van der Waals surface area (Å²) in [6.45, 7) is 0. The average Bonchev–Trinajstić information content (AvgIpc) is 2.65. The first-order valence-electron chi connectivity index (χ1n) is 5.27. The van der Waals surface area contributed by atoms with E-state index < -0.39 is 0 Å². The zero-order valence-electron chi connectivity index (χ0n) is 7.51. The fraction of sp³-hybridized carbons (Fsp3) is 0.909. The van der Waals surface area contributed by atoms with Crippen LogP contribution in [0, 0.1) is 17.3 Å². The van der Waals surface area contributed by atoms with Crippen molar-refractivity contribution in [3.8, 4) is 0 Å². The second-order valence-electron chi connectivity index (χ2n) is 5.32. The van der Waals surface area contributed by atoms with E-state index in [2.05, 4.69) is 0 Å². The highest BCUT2D eigenvalue weighted by molar-refractivity contribution is 5.79. The lowest BCUT2D eigenvalue weighted by molar-refractivity contribution is -0.124. The van der Waals surface area contributed by atoms with Crippen LogP contribution in [-0.4, -0.2) is 5.78 Å². The van der Waals surface area contributed by atoms with Crippen molar-refractivity contribution in [2.75, 3.05) is 0 Å². The van der Waals surface area contributed by atoms with E-state index in [0.29, 0.717) is 5.78 Å². The Kier molecular flexibility index (Phi) is 1.26. The predicted octanol–water partition coefficient (Wildman–Crippen LogP) is 2.55. The van der Waals surface area contributed by atoms with Gasteiger partial charge in [0.05, 0.1) is 0 Å². The molecule has 3 saturated carbocycles. The SMILES string of the molecule is O=C1C[C@@H]2C[C@H](C1)CC1(CC1)C2. The van der Waals surface area contributed by atoms with Gasteiger partial charge in [-0.15, -0.1) is 0 Å². The van der Waals surface area contributed by atoms with Gasteiger partial charge in [-0.1, -0.05) is 0 Å². The molecule has 0 radical (unpaired) electrons. The summed E-state index contributed by atoms with van der Waals surface area (Å²) < 4.78 is 0.